The van der Waals surface area contributed by atoms with Gasteiger partial charge in [0.05, 0.1) is 5.69 Å². The van der Waals surface area contributed by atoms with Gasteiger partial charge in [0.2, 0.25) is 0 Å². The summed E-state index contributed by atoms with van der Waals surface area (Å²) in [5.74, 6) is 0.422. The molecule has 0 saturated heterocycles. The van der Waals surface area contributed by atoms with Gasteiger partial charge >= 0.3 is 0 Å². The molecule has 2 heterocycles. The van der Waals surface area contributed by atoms with Crippen LogP contribution in [0, 0.1) is 6.92 Å². The molecule has 0 saturated carbocycles. The second-order valence-corrected chi connectivity index (χ2v) is 3.56. The second kappa shape index (κ2) is 2.83. The molecule has 0 spiro atoms. The van der Waals surface area contributed by atoms with Crippen LogP contribution in [0.15, 0.2) is 18.6 Å². The van der Waals surface area contributed by atoms with E-state index in [4.69, 9.17) is 0 Å². The van der Waals surface area contributed by atoms with Crippen LogP contribution in [0.4, 0.5) is 0 Å². The van der Waals surface area contributed by atoms with Crippen LogP contribution in [0.2, 0.25) is 0 Å². The first-order chi connectivity index (χ1) is 6.20. The standard InChI is InChI=1S/C10H13N3/c1-7(2)9-10-12-6-8(3)13(10)5-4-11-9/h4-7H,1-3H3. The number of fused-ring (bicyclic) bond motifs is 1. The van der Waals surface area contributed by atoms with E-state index < -0.39 is 0 Å². The van der Waals surface area contributed by atoms with Crippen molar-refractivity contribution in [2.75, 3.05) is 0 Å². The zero-order valence-electron chi connectivity index (χ0n) is 8.15. The van der Waals surface area contributed by atoms with E-state index in [1.54, 1.807) is 0 Å². The smallest absolute Gasteiger partial charge is 0.159 e. The molecule has 2 aromatic heterocycles. The molecule has 2 rings (SSSR count). The highest BCUT2D eigenvalue weighted by Crippen LogP contribution is 2.17. The number of hydrogen-bond donors (Lipinski definition) is 0. The summed E-state index contributed by atoms with van der Waals surface area (Å²) in [7, 11) is 0. The SMILES string of the molecule is Cc1cnc2c(C(C)C)nccn12. The zero-order valence-corrected chi connectivity index (χ0v) is 8.15. The van der Waals surface area contributed by atoms with E-state index in [2.05, 4.69) is 28.2 Å². The molecule has 13 heavy (non-hydrogen) atoms. The van der Waals surface area contributed by atoms with Gasteiger partial charge < -0.3 is 4.40 Å². The van der Waals surface area contributed by atoms with Gasteiger partial charge in [0.1, 0.15) is 0 Å². The average Bonchev–Trinajstić information content (AvgIpc) is 2.48. The molecule has 68 valence electrons. The Morgan fingerprint density at radius 1 is 1.31 bits per heavy atom. The number of imidazole rings is 1. The fourth-order valence-corrected chi connectivity index (χ4v) is 1.47. The minimum absolute atomic E-state index is 0.422. The van der Waals surface area contributed by atoms with E-state index >= 15 is 0 Å². The molecule has 0 bridgehead atoms. The van der Waals surface area contributed by atoms with Crippen molar-refractivity contribution in [3.63, 3.8) is 0 Å². The Hall–Kier alpha value is -1.38. The van der Waals surface area contributed by atoms with Crippen molar-refractivity contribution >= 4 is 5.65 Å². The van der Waals surface area contributed by atoms with E-state index in [1.165, 1.54) is 0 Å². The van der Waals surface area contributed by atoms with Crippen molar-refractivity contribution in [2.24, 2.45) is 0 Å². The summed E-state index contributed by atoms with van der Waals surface area (Å²) in [5, 5.41) is 0. The van der Waals surface area contributed by atoms with E-state index in [9.17, 15) is 0 Å². The lowest BCUT2D eigenvalue weighted by molar-refractivity contribution is 0.815. The molecular formula is C10H13N3. The van der Waals surface area contributed by atoms with Crippen molar-refractivity contribution in [3.05, 3.63) is 30.0 Å². The highest BCUT2D eigenvalue weighted by atomic mass is 15.0. The van der Waals surface area contributed by atoms with E-state index in [0.717, 1.165) is 17.0 Å². The molecular weight excluding hydrogens is 162 g/mol. The number of rotatable bonds is 1. The van der Waals surface area contributed by atoms with Crippen molar-refractivity contribution in [3.8, 4) is 0 Å². The molecule has 0 aliphatic heterocycles. The molecule has 0 amide bonds. The van der Waals surface area contributed by atoms with Crippen LogP contribution in [0.5, 0.6) is 0 Å². The Morgan fingerprint density at radius 3 is 2.77 bits per heavy atom. The fraction of sp³-hybridized carbons (Fsp3) is 0.400. The lowest BCUT2D eigenvalue weighted by atomic mass is 10.1. The summed E-state index contributed by atoms with van der Waals surface area (Å²) < 4.78 is 2.07. The van der Waals surface area contributed by atoms with Crippen molar-refractivity contribution in [1.29, 1.82) is 0 Å². The van der Waals surface area contributed by atoms with Gasteiger partial charge in [-0.05, 0) is 12.8 Å². The maximum Gasteiger partial charge on any atom is 0.159 e. The molecule has 0 aliphatic rings. The molecule has 0 aliphatic carbocycles. The van der Waals surface area contributed by atoms with Crippen LogP contribution in [0.25, 0.3) is 5.65 Å². The highest BCUT2D eigenvalue weighted by molar-refractivity contribution is 5.46. The summed E-state index contributed by atoms with van der Waals surface area (Å²) in [4.78, 5) is 8.68. The number of aryl methyl sites for hydroxylation is 1. The van der Waals surface area contributed by atoms with Crippen LogP contribution < -0.4 is 0 Å². The summed E-state index contributed by atoms with van der Waals surface area (Å²) >= 11 is 0. The Labute approximate surface area is 77.4 Å². The minimum atomic E-state index is 0.422. The van der Waals surface area contributed by atoms with Gasteiger partial charge in [-0.15, -0.1) is 0 Å². The molecule has 0 radical (unpaired) electrons. The van der Waals surface area contributed by atoms with Gasteiger partial charge in [-0.25, -0.2) is 4.98 Å². The molecule has 2 aromatic rings. The maximum atomic E-state index is 4.34. The van der Waals surface area contributed by atoms with Gasteiger partial charge in [0, 0.05) is 24.3 Å². The Balaban J connectivity index is 2.77. The molecule has 0 N–H and O–H groups in total. The van der Waals surface area contributed by atoms with Gasteiger partial charge in [0.25, 0.3) is 0 Å². The predicted octanol–water partition coefficient (Wildman–Crippen LogP) is 2.16. The summed E-state index contributed by atoms with van der Waals surface area (Å²) in [6, 6.07) is 0. The van der Waals surface area contributed by atoms with Gasteiger partial charge in [-0.1, -0.05) is 13.8 Å². The van der Waals surface area contributed by atoms with Gasteiger partial charge in [-0.3, -0.25) is 4.98 Å². The van der Waals surface area contributed by atoms with Crippen LogP contribution in [0.1, 0.15) is 31.2 Å². The summed E-state index contributed by atoms with van der Waals surface area (Å²) in [6.07, 6.45) is 5.66. The first-order valence-electron chi connectivity index (χ1n) is 4.48. The monoisotopic (exact) mass is 175 g/mol. The van der Waals surface area contributed by atoms with E-state index in [0.29, 0.717) is 5.92 Å². The third-order valence-corrected chi connectivity index (χ3v) is 2.19. The highest BCUT2D eigenvalue weighted by Gasteiger charge is 2.08. The normalized spacial score (nSPS) is 11.4. The van der Waals surface area contributed by atoms with E-state index in [-0.39, 0.29) is 0 Å². The van der Waals surface area contributed by atoms with Gasteiger partial charge in [-0.2, -0.15) is 0 Å². The first-order valence-corrected chi connectivity index (χ1v) is 4.48. The van der Waals surface area contributed by atoms with Crippen molar-refractivity contribution in [2.45, 2.75) is 26.7 Å². The van der Waals surface area contributed by atoms with E-state index in [1.807, 2.05) is 25.5 Å². The van der Waals surface area contributed by atoms with Crippen LogP contribution in [0.3, 0.4) is 0 Å². The Morgan fingerprint density at radius 2 is 2.08 bits per heavy atom. The second-order valence-electron chi connectivity index (χ2n) is 3.56. The van der Waals surface area contributed by atoms with Crippen LogP contribution in [-0.4, -0.2) is 14.4 Å². The average molecular weight is 175 g/mol. The fourth-order valence-electron chi connectivity index (χ4n) is 1.47. The van der Waals surface area contributed by atoms with Crippen molar-refractivity contribution < 1.29 is 0 Å². The summed E-state index contributed by atoms with van der Waals surface area (Å²) in [5.41, 5.74) is 3.20. The first kappa shape index (κ1) is 8.23. The Kier molecular flexibility index (Phi) is 1.79. The minimum Gasteiger partial charge on any atom is -0.301 e. The third kappa shape index (κ3) is 1.20. The molecule has 0 fully saturated rings. The number of nitrogens with zero attached hydrogens (tertiary/aromatic N) is 3. The van der Waals surface area contributed by atoms with Gasteiger partial charge in [0.15, 0.2) is 5.65 Å². The van der Waals surface area contributed by atoms with Crippen molar-refractivity contribution in [1.82, 2.24) is 14.4 Å². The molecule has 3 heteroatoms. The van der Waals surface area contributed by atoms with Crippen LogP contribution in [-0.2, 0) is 0 Å². The maximum absolute atomic E-state index is 4.34. The third-order valence-electron chi connectivity index (χ3n) is 2.19. The number of hydrogen-bond acceptors (Lipinski definition) is 2. The summed E-state index contributed by atoms with van der Waals surface area (Å²) in [6.45, 7) is 6.31. The van der Waals surface area contributed by atoms with Crippen LogP contribution >= 0.6 is 0 Å². The zero-order chi connectivity index (χ0) is 9.42. The lowest BCUT2D eigenvalue weighted by Crippen LogP contribution is -1.98. The number of aromatic nitrogens is 3. The molecule has 0 atom stereocenters. The Bertz CT molecular complexity index is 429. The lowest BCUT2D eigenvalue weighted by Gasteiger charge is -2.05. The quantitative estimate of drug-likeness (QED) is 0.664. The molecule has 3 nitrogen and oxygen atoms in total. The predicted molar refractivity (Wildman–Crippen MR) is 51.8 cm³/mol. The largest absolute Gasteiger partial charge is 0.301 e. The molecule has 0 unspecified atom stereocenters. The molecule has 0 aromatic carbocycles. The topological polar surface area (TPSA) is 30.2 Å².